The molecular weight excluding hydrogens is 270 g/mol. The molecule has 2 unspecified atom stereocenters. The van der Waals surface area contributed by atoms with E-state index in [1.807, 2.05) is 12.1 Å². The molecule has 1 aromatic rings. The van der Waals surface area contributed by atoms with E-state index in [1.165, 1.54) is 0 Å². The molecule has 1 aliphatic carbocycles. The maximum Gasteiger partial charge on any atom is 0.251 e. The molecule has 0 bridgehead atoms. The Balaban J connectivity index is 1.98. The summed E-state index contributed by atoms with van der Waals surface area (Å²) in [6.07, 6.45) is 1.94. The van der Waals surface area contributed by atoms with Crippen molar-refractivity contribution < 1.29 is 19.8 Å². The fraction of sp³-hybridized carbons (Fsp3) is 0.500. The number of aliphatic hydroxyl groups is 2. The quantitative estimate of drug-likeness (QED) is 0.744. The smallest absolute Gasteiger partial charge is 0.251 e. The molecule has 3 N–H and O–H groups in total. The van der Waals surface area contributed by atoms with Gasteiger partial charge in [-0.25, -0.2) is 0 Å². The van der Waals surface area contributed by atoms with Crippen molar-refractivity contribution in [3.8, 4) is 0 Å². The molecule has 0 spiro atoms. The van der Waals surface area contributed by atoms with Gasteiger partial charge >= 0.3 is 0 Å². The lowest BCUT2D eigenvalue weighted by Gasteiger charge is -2.26. The molecule has 0 saturated heterocycles. The Morgan fingerprint density at radius 3 is 2.62 bits per heavy atom. The van der Waals surface area contributed by atoms with Crippen molar-refractivity contribution in [1.82, 2.24) is 5.32 Å². The van der Waals surface area contributed by atoms with E-state index in [1.54, 1.807) is 12.1 Å². The number of carbonyl (C=O) groups is 2. The SMILES string of the molecule is O=C(NCCO)c1ccc(CC2C(=O)CCCC2O)cc1. The number of hydrogen-bond donors (Lipinski definition) is 3. The zero-order valence-corrected chi connectivity index (χ0v) is 11.9. The standard InChI is InChI=1S/C16H21NO4/c18-9-8-17-16(21)12-6-4-11(5-7-12)10-13-14(19)2-1-3-15(13)20/h4-7,13-14,18-19H,1-3,8-10H2,(H,17,21). The van der Waals surface area contributed by atoms with E-state index in [-0.39, 0.29) is 30.8 Å². The van der Waals surface area contributed by atoms with E-state index < -0.39 is 6.10 Å². The topological polar surface area (TPSA) is 86.6 Å². The van der Waals surface area contributed by atoms with Gasteiger partial charge in [0.05, 0.1) is 12.7 Å². The molecule has 5 nitrogen and oxygen atoms in total. The fourth-order valence-electron chi connectivity index (χ4n) is 2.65. The predicted octanol–water partition coefficient (Wildman–Crippen LogP) is 0.681. The minimum atomic E-state index is -0.557. The van der Waals surface area contributed by atoms with Crippen LogP contribution in [0.2, 0.25) is 0 Å². The monoisotopic (exact) mass is 291 g/mol. The lowest BCUT2D eigenvalue weighted by Crippen LogP contribution is -2.34. The third-order valence-electron chi connectivity index (χ3n) is 3.87. The van der Waals surface area contributed by atoms with E-state index in [9.17, 15) is 14.7 Å². The van der Waals surface area contributed by atoms with E-state index in [0.29, 0.717) is 24.8 Å². The summed E-state index contributed by atoms with van der Waals surface area (Å²) in [4.78, 5) is 23.5. The van der Waals surface area contributed by atoms with Crippen LogP contribution in [0.15, 0.2) is 24.3 Å². The van der Waals surface area contributed by atoms with Gasteiger partial charge in [-0.1, -0.05) is 12.1 Å². The highest BCUT2D eigenvalue weighted by molar-refractivity contribution is 5.94. The molecule has 0 aromatic heterocycles. The lowest BCUT2D eigenvalue weighted by molar-refractivity contribution is -0.129. The molecule has 0 heterocycles. The van der Waals surface area contributed by atoms with Crippen LogP contribution in [0.3, 0.4) is 0 Å². The zero-order chi connectivity index (χ0) is 15.2. The van der Waals surface area contributed by atoms with Gasteiger partial charge in [-0.15, -0.1) is 0 Å². The van der Waals surface area contributed by atoms with Gasteiger partial charge in [0.15, 0.2) is 0 Å². The number of benzene rings is 1. The minimum absolute atomic E-state index is 0.0918. The first kappa shape index (κ1) is 15.7. The van der Waals surface area contributed by atoms with Crippen LogP contribution in [0.4, 0.5) is 0 Å². The Bertz CT molecular complexity index is 498. The van der Waals surface area contributed by atoms with Crippen molar-refractivity contribution in [3.05, 3.63) is 35.4 Å². The van der Waals surface area contributed by atoms with Crippen LogP contribution < -0.4 is 5.32 Å². The Morgan fingerprint density at radius 2 is 2.00 bits per heavy atom. The molecule has 21 heavy (non-hydrogen) atoms. The van der Waals surface area contributed by atoms with Gasteiger partial charge in [-0.05, 0) is 37.0 Å². The molecule has 0 aliphatic heterocycles. The van der Waals surface area contributed by atoms with Crippen LogP contribution in [0.1, 0.15) is 35.2 Å². The van der Waals surface area contributed by atoms with Crippen molar-refractivity contribution in [2.45, 2.75) is 31.8 Å². The van der Waals surface area contributed by atoms with E-state index in [2.05, 4.69) is 5.32 Å². The molecule has 2 rings (SSSR count). The van der Waals surface area contributed by atoms with Crippen LogP contribution in [-0.4, -0.2) is 41.2 Å². The highest BCUT2D eigenvalue weighted by atomic mass is 16.3. The number of aliphatic hydroxyl groups excluding tert-OH is 2. The molecule has 1 aromatic carbocycles. The van der Waals surface area contributed by atoms with Crippen LogP contribution in [0.25, 0.3) is 0 Å². The number of rotatable bonds is 5. The summed E-state index contributed by atoms with van der Waals surface area (Å²) in [6, 6.07) is 7.01. The van der Waals surface area contributed by atoms with Gasteiger partial charge in [0, 0.05) is 24.4 Å². The number of hydrogen-bond acceptors (Lipinski definition) is 4. The molecule has 114 valence electrons. The Kier molecular flexibility index (Phi) is 5.47. The van der Waals surface area contributed by atoms with Crippen molar-refractivity contribution in [3.63, 3.8) is 0 Å². The number of amides is 1. The molecule has 1 saturated carbocycles. The molecular formula is C16H21NO4. The van der Waals surface area contributed by atoms with Gasteiger partial charge in [-0.2, -0.15) is 0 Å². The molecule has 0 radical (unpaired) electrons. The number of nitrogens with one attached hydrogen (secondary N) is 1. The summed E-state index contributed by atoms with van der Waals surface area (Å²) < 4.78 is 0. The van der Waals surface area contributed by atoms with Gasteiger partial charge < -0.3 is 15.5 Å². The summed E-state index contributed by atoms with van der Waals surface area (Å²) >= 11 is 0. The second-order valence-electron chi connectivity index (χ2n) is 5.41. The Morgan fingerprint density at radius 1 is 1.29 bits per heavy atom. The first-order chi connectivity index (χ1) is 10.1. The predicted molar refractivity (Wildman–Crippen MR) is 77.9 cm³/mol. The average molecular weight is 291 g/mol. The maximum atomic E-state index is 11.9. The number of carbonyl (C=O) groups excluding carboxylic acids is 2. The fourth-order valence-corrected chi connectivity index (χ4v) is 2.65. The Labute approximate surface area is 124 Å². The first-order valence-electron chi connectivity index (χ1n) is 7.30. The summed E-state index contributed by atoms with van der Waals surface area (Å²) in [5.74, 6) is -0.435. The van der Waals surface area contributed by atoms with E-state index in [4.69, 9.17) is 5.11 Å². The average Bonchev–Trinajstić information content (AvgIpc) is 2.49. The van der Waals surface area contributed by atoms with Crippen molar-refractivity contribution in [1.29, 1.82) is 0 Å². The van der Waals surface area contributed by atoms with Gasteiger partial charge in [0.2, 0.25) is 0 Å². The van der Waals surface area contributed by atoms with E-state index >= 15 is 0 Å². The maximum absolute atomic E-state index is 11.9. The third kappa shape index (κ3) is 4.12. The summed E-state index contributed by atoms with van der Waals surface area (Å²) in [6.45, 7) is 0.134. The first-order valence-corrected chi connectivity index (χ1v) is 7.30. The van der Waals surface area contributed by atoms with Gasteiger partial charge in [0.25, 0.3) is 5.91 Å². The van der Waals surface area contributed by atoms with Gasteiger partial charge in [-0.3, -0.25) is 9.59 Å². The van der Waals surface area contributed by atoms with Gasteiger partial charge in [0.1, 0.15) is 5.78 Å². The van der Waals surface area contributed by atoms with Crippen molar-refractivity contribution in [2.24, 2.45) is 5.92 Å². The second kappa shape index (κ2) is 7.33. The summed E-state index contributed by atoms with van der Waals surface area (Å²) in [7, 11) is 0. The minimum Gasteiger partial charge on any atom is -0.395 e. The normalized spacial score (nSPS) is 22.1. The van der Waals surface area contributed by atoms with E-state index in [0.717, 1.165) is 12.0 Å². The molecule has 5 heteroatoms. The molecule has 1 fully saturated rings. The van der Waals surface area contributed by atoms with Crippen LogP contribution in [0, 0.1) is 5.92 Å². The van der Waals surface area contributed by atoms with Crippen molar-refractivity contribution >= 4 is 11.7 Å². The third-order valence-corrected chi connectivity index (χ3v) is 3.87. The highest BCUT2D eigenvalue weighted by Gasteiger charge is 2.30. The molecule has 2 atom stereocenters. The Hall–Kier alpha value is -1.72. The highest BCUT2D eigenvalue weighted by Crippen LogP contribution is 2.25. The lowest BCUT2D eigenvalue weighted by atomic mass is 9.81. The molecule has 1 aliphatic rings. The summed E-state index contributed by atoms with van der Waals surface area (Å²) in [5, 5.41) is 21.2. The van der Waals surface area contributed by atoms with Crippen molar-refractivity contribution in [2.75, 3.05) is 13.2 Å². The number of ketones is 1. The van der Waals surface area contributed by atoms with Crippen LogP contribution >= 0.6 is 0 Å². The zero-order valence-electron chi connectivity index (χ0n) is 11.9. The molecule has 1 amide bonds. The number of Topliss-reactive ketones (excluding diaryl/α,β-unsaturated/α-hetero) is 1. The summed E-state index contributed by atoms with van der Waals surface area (Å²) in [5.41, 5.74) is 1.45. The van der Waals surface area contributed by atoms with Crippen LogP contribution in [0.5, 0.6) is 0 Å². The van der Waals surface area contributed by atoms with Crippen LogP contribution in [-0.2, 0) is 11.2 Å². The largest absolute Gasteiger partial charge is 0.395 e. The second-order valence-corrected chi connectivity index (χ2v) is 5.41.